The van der Waals surface area contributed by atoms with Gasteiger partial charge in [0.1, 0.15) is 5.60 Å². The standard InChI is InChI=1S/C16H13Cl3N2OS/c17-12-1-2-13(14(18)7-12)16(22,9-21-5-4-20-10-21)8-11-3-6-23-15(11)19/h1-7,10,22H,8-9H2. The van der Waals surface area contributed by atoms with Crippen LogP contribution in [0.25, 0.3) is 0 Å². The van der Waals surface area contributed by atoms with E-state index < -0.39 is 5.60 Å². The Bertz CT molecular complexity index is 804. The van der Waals surface area contributed by atoms with Gasteiger partial charge >= 0.3 is 0 Å². The number of hydrogen-bond donors (Lipinski definition) is 1. The lowest BCUT2D eigenvalue weighted by molar-refractivity contribution is 0.0187. The number of hydrogen-bond acceptors (Lipinski definition) is 3. The number of halogens is 3. The van der Waals surface area contributed by atoms with Crippen LogP contribution < -0.4 is 0 Å². The van der Waals surface area contributed by atoms with Crippen LogP contribution in [0, 0.1) is 0 Å². The molecule has 3 nitrogen and oxygen atoms in total. The zero-order valence-corrected chi connectivity index (χ0v) is 15.0. The number of aliphatic hydroxyl groups is 1. The van der Waals surface area contributed by atoms with Crippen molar-refractivity contribution in [3.63, 3.8) is 0 Å². The summed E-state index contributed by atoms with van der Waals surface area (Å²) < 4.78 is 2.48. The number of thiophene rings is 1. The van der Waals surface area contributed by atoms with Crippen molar-refractivity contribution in [2.75, 3.05) is 0 Å². The van der Waals surface area contributed by atoms with E-state index in [2.05, 4.69) is 4.98 Å². The van der Waals surface area contributed by atoms with Crippen molar-refractivity contribution in [1.82, 2.24) is 9.55 Å². The van der Waals surface area contributed by atoms with Crippen molar-refractivity contribution >= 4 is 46.1 Å². The fraction of sp³-hybridized carbons (Fsp3) is 0.188. The minimum Gasteiger partial charge on any atom is -0.383 e. The molecule has 0 spiro atoms. The van der Waals surface area contributed by atoms with Gasteiger partial charge in [-0.3, -0.25) is 0 Å². The summed E-state index contributed by atoms with van der Waals surface area (Å²) in [6, 6.07) is 7.01. The summed E-state index contributed by atoms with van der Waals surface area (Å²) in [5.41, 5.74) is 0.262. The van der Waals surface area contributed by atoms with Crippen molar-refractivity contribution in [3.8, 4) is 0 Å². The van der Waals surface area contributed by atoms with E-state index in [1.807, 2.05) is 16.0 Å². The first-order chi connectivity index (χ1) is 11.0. The van der Waals surface area contributed by atoms with Crippen molar-refractivity contribution in [1.29, 1.82) is 0 Å². The normalized spacial score (nSPS) is 13.9. The summed E-state index contributed by atoms with van der Waals surface area (Å²) in [7, 11) is 0. The molecule has 2 aromatic heterocycles. The summed E-state index contributed by atoms with van der Waals surface area (Å²) >= 11 is 20.0. The molecule has 0 fully saturated rings. The van der Waals surface area contributed by atoms with Gasteiger partial charge in [-0.05, 0) is 29.1 Å². The van der Waals surface area contributed by atoms with Gasteiger partial charge in [-0.25, -0.2) is 4.98 Å². The van der Waals surface area contributed by atoms with Gasteiger partial charge in [0.2, 0.25) is 0 Å². The molecule has 3 rings (SSSR count). The Morgan fingerprint density at radius 2 is 2.04 bits per heavy atom. The molecule has 0 aliphatic rings. The average molecular weight is 388 g/mol. The summed E-state index contributed by atoms with van der Waals surface area (Å²) in [6.07, 6.45) is 5.46. The Kier molecular flexibility index (Phi) is 4.99. The predicted molar refractivity (Wildman–Crippen MR) is 95.6 cm³/mol. The summed E-state index contributed by atoms with van der Waals surface area (Å²) in [6.45, 7) is 0.306. The number of rotatable bonds is 5. The lowest BCUT2D eigenvalue weighted by Gasteiger charge is -2.30. The van der Waals surface area contributed by atoms with E-state index in [0.29, 0.717) is 32.9 Å². The van der Waals surface area contributed by atoms with Crippen LogP contribution in [0.3, 0.4) is 0 Å². The molecule has 0 saturated carbocycles. The van der Waals surface area contributed by atoms with Crippen LogP contribution in [0.1, 0.15) is 11.1 Å². The monoisotopic (exact) mass is 386 g/mol. The zero-order chi connectivity index (χ0) is 16.4. The maximum absolute atomic E-state index is 11.4. The van der Waals surface area contributed by atoms with Crippen LogP contribution in [0.5, 0.6) is 0 Å². The third kappa shape index (κ3) is 3.73. The third-order valence-corrected chi connectivity index (χ3v) is 5.41. The number of nitrogens with zero attached hydrogens (tertiary/aromatic N) is 2. The smallest absolute Gasteiger partial charge is 0.113 e. The van der Waals surface area contributed by atoms with E-state index in [1.54, 1.807) is 36.9 Å². The molecule has 0 saturated heterocycles. The van der Waals surface area contributed by atoms with Gasteiger partial charge in [0.15, 0.2) is 0 Å². The SMILES string of the molecule is OC(Cc1ccsc1Cl)(Cn1ccnc1)c1ccc(Cl)cc1Cl. The largest absolute Gasteiger partial charge is 0.383 e. The second kappa shape index (κ2) is 6.83. The second-order valence-electron chi connectivity index (χ2n) is 5.29. The van der Waals surface area contributed by atoms with Gasteiger partial charge < -0.3 is 9.67 Å². The highest BCUT2D eigenvalue weighted by atomic mass is 35.5. The fourth-order valence-corrected chi connectivity index (χ4v) is 4.06. The molecule has 0 aliphatic heterocycles. The quantitative estimate of drug-likeness (QED) is 0.666. The number of benzene rings is 1. The summed E-state index contributed by atoms with van der Waals surface area (Å²) in [5, 5.41) is 14.2. The highest BCUT2D eigenvalue weighted by molar-refractivity contribution is 7.14. The molecule has 0 amide bonds. The van der Waals surface area contributed by atoms with E-state index >= 15 is 0 Å². The predicted octanol–water partition coefficient (Wildman–Crippen LogP) is 5.04. The van der Waals surface area contributed by atoms with Gasteiger partial charge in [0.05, 0.1) is 17.2 Å². The summed E-state index contributed by atoms with van der Waals surface area (Å²) in [5.74, 6) is 0. The maximum atomic E-state index is 11.4. The Balaban J connectivity index is 2.03. The van der Waals surface area contributed by atoms with Gasteiger partial charge in [-0.2, -0.15) is 0 Å². The maximum Gasteiger partial charge on any atom is 0.113 e. The molecule has 1 aromatic carbocycles. The van der Waals surface area contributed by atoms with Crippen molar-refractivity contribution in [3.05, 3.63) is 73.9 Å². The van der Waals surface area contributed by atoms with Crippen LogP contribution in [0.4, 0.5) is 0 Å². The minimum atomic E-state index is -1.23. The molecule has 7 heteroatoms. The first-order valence-corrected chi connectivity index (χ1v) is 8.85. The van der Waals surface area contributed by atoms with E-state index in [4.69, 9.17) is 34.8 Å². The van der Waals surface area contributed by atoms with E-state index in [1.165, 1.54) is 11.3 Å². The van der Waals surface area contributed by atoms with Crippen LogP contribution in [0.15, 0.2) is 48.4 Å². The molecule has 120 valence electrons. The van der Waals surface area contributed by atoms with Crippen molar-refractivity contribution in [2.24, 2.45) is 0 Å². The lowest BCUT2D eigenvalue weighted by atomic mass is 9.87. The number of imidazole rings is 1. The van der Waals surface area contributed by atoms with E-state index in [-0.39, 0.29) is 0 Å². The molecular weight excluding hydrogens is 375 g/mol. The van der Waals surface area contributed by atoms with Gasteiger partial charge in [0, 0.05) is 34.4 Å². The molecule has 1 atom stereocenters. The van der Waals surface area contributed by atoms with Crippen LogP contribution >= 0.6 is 46.1 Å². The minimum absolute atomic E-state index is 0.306. The van der Waals surface area contributed by atoms with Crippen molar-refractivity contribution in [2.45, 2.75) is 18.6 Å². The lowest BCUT2D eigenvalue weighted by Crippen LogP contribution is -2.34. The molecule has 1 unspecified atom stereocenters. The Morgan fingerprint density at radius 1 is 1.22 bits per heavy atom. The van der Waals surface area contributed by atoms with E-state index in [9.17, 15) is 5.11 Å². The zero-order valence-electron chi connectivity index (χ0n) is 11.9. The molecule has 0 aliphatic carbocycles. The van der Waals surface area contributed by atoms with Crippen molar-refractivity contribution < 1.29 is 5.11 Å². The Morgan fingerprint density at radius 3 is 2.65 bits per heavy atom. The molecule has 23 heavy (non-hydrogen) atoms. The molecule has 2 heterocycles. The second-order valence-corrected chi connectivity index (χ2v) is 7.65. The molecule has 3 aromatic rings. The Labute approximate surface area is 153 Å². The molecule has 0 bridgehead atoms. The topological polar surface area (TPSA) is 38.0 Å². The van der Waals surface area contributed by atoms with Gasteiger partial charge in [-0.1, -0.05) is 40.9 Å². The highest BCUT2D eigenvalue weighted by Gasteiger charge is 2.33. The fourth-order valence-electron chi connectivity index (χ4n) is 2.55. The third-order valence-electron chi connectivity index (χ3n) is 3.61. The van der Waals surface area contributed by atoms with E-state index in [0.717, 1.165) is 5.56 Å². The first-order valence-electron chi connectivity index (χ1n) is 6.83. The van der Waals surface area contributed by atoms with Crippen LogP contribution in [-0.2, 0) is 18.6 Å². The van der Waals surface area contributed by atoms with Crippen LogP contribution in [-0.4, -0.2) is 14.7 Å². The Hall–Kier alpha value is -1.04. The molecule has 1 N–H and O–H groups in total. The van der Waals surface area contributed by atoms with Gasteiger partial charge in [0.25, 0.3) is 0 Å². The van der Waals surface area contributed by atoms with Gasteiger partial charge in [-0.15, -0.1) is 11.3 Å². The number of aromatic nitrogens is 2. The average Bonchev–Trinajstić information content (AvgIpc) is 3.11. The summed E-state index contributed by atoms with van der Waals surface area (Å²) in [4.78, 5) is 4.02. The highest BCUT2D eigenvalue weighted by Crippen LogP contribution is 2.37. The van der Waals surface area contributed by atoms with Crippen LogP contribution in [0.2, 0.25) is 14.4 Å². The first kappa shape index (κ1) is 16.8. The molecule has 0 radical (unpaired) electrons. The molecular formula is C16H13Cl3N2OS.